The van der Waals surface area contributed by atoms with Gasteiger partial charge < -0.3 is 10.2 Å². The van der Waals surface area contributed by atoms with Crippen molar-refractivity contribution in [3.63, 3.8) is 0 Å². The number of nitrogens with zero attached hydrogens (tertiary/aromatic N) is 1. The van der Waals surface area contributed by atoms with Gasteiger partial charge in [0, 0.05) is 6.54 Å². The Labute approximate surface area is 126 Å². The van der Waals surface area contributed by atoms with Gasteiger partial charge in [0.05, 0.1) is 0 Å². The summed E-state index contributed by atoms with van der Waals surface area (Å²) in [5.41, 5.74) is -1.14. The molecule has 1 aliphatic heterocycles. The van der Waals surface area contributed by atoms with Crippen molar-refractivity contribution in [2.45, 2.75) is 75.8 Å². The maximum absolute atomic E-state index is 13.2. The van der Waals surface area contributed by atoms with Crippen molar-refractivity contribution in [2.24, 2.45) is 11.8 Å². The molecule has 0 bridgehead atoms. The van der Waals surface area contributed by atoms with E-state index in [9.17, 15) is 9.59 Å². The van der Waals surface area contributed by atoms with E-state index in [0.717, 1.165) is 57.4 Å². The molecule has 4 nitrogen and oxygen atoms in total. The summed E-state index contributed by atoms with van der Waals surface area (Å²) in [7, 11) is 0. The molecule has 1 heterocycles. The second-order valence-electron chi connectivity index (χ2n) is 7.85. The van der Waals surface area contributed by atoms with E-state index in [1.165, 1.54) is 12.8 Å². The minimum Gasteiger partial charge on any atom is -0.340 e. The molecule has 4 heteroatoms. The molecule has 2 amide bonds. The van der Waals surface area contributed by atoms with Gasteiger partial charge in [-0.05, 0) is 50.9 Å². The number of hydrogen-bond acceptors (Lipinski definition) is 2. The average Bonchev–Trinajstić information content (AvgIpc) is 3.37. The summed E-state index contributed by atoms with van der Waals surface area (Å²) in [4.78, 5) is 28.1. The number of piperazine rings is 1. The molecule has 21 heavy (non-hydrogen) atoms. The maximum Gasteiger partial charge on any atom is 0.249 e. The molecule has 1 atom stereocenters. The summed E-state index contributed by atoms with van der Waals surface area (Å²) >= 11 is 0. The lowest BCUT2D eigenvalue weighted by Gasteiger charge is -2.50. The van der Waals surface area contributed by atoms with Crippen LogP contribution in [0.1, 0.15) is 64.7 Å². The monoisotopic (exact) mass is 290 g/mol. The van der Waals surface area contributed by atoms with Gasteiger partial charge in [0.15, 0.2) is 0 Å². The van der Waals surface area contributed by atoms with E-state index >= 15 is 0 Å². The van der Waals surface area contributed by atoms with Gasteiger partial charge in [0.2, 0.25) is 11.8 Å². The van der Waals surface area contributed by atoms with Crippen molar-refractivity contribution in [3.05, 3.63) is 0 Å². The van der Waals surface area contributed by atoms with Crippen molar-refractivity contribution < 1.29 is 9.59 Å². The Morgan fingerprint density at radius 3 is 2.38 bits per heavy atom. The Kier molecular flexibility index (Phi) is 2.89. The fourth-order valence-corrected chi connectivity index (χ4v) is 4.41. The van der Waals surface area contributed by atoms with Gasteiger partial charge in [0.1, 0.15) is 11.1 Å². The lowest BCUT2D eigenvalue weighted by Crippen LogP contribution is -2.75. The van der Waals surface area contributed by atoms with Crippen molar-refractivity contribution >= 4 is 11.8 Å². The first-order chi connectivity index (χ1) is 10.1. The minimum atomic E-state index is -0.584. The molecule has 1 N–H and O–H groups in total. The summed E-state index contributed by atoms with van der Waals surface area (Å²) in [6, 6.07) is 0. The number of hydrogen-bond donors (Lipinski definition) is 1. The molecule has 4 aliphatic rings. The molecule has 0 radical (unpaired) electrons. The van der Waals surface area contributed by atoms with Crippen LogP contribution < -0.4 is 5.32 Å². The van der Waals surface area contributed by atoms with Gasteiger partial charge in [-0.1, -0.05) is 25.7 Å². The third-order valence-corrected chi connectivity index (χ3v) is 6.32. The van der Waals surface area contributed by atoms with Gasteiger partial charge in [-0.15, -0.1) is 0 Å². The highest BCUT2D eigenvalue weighted by Crippen LogP contribution is 2.48. The molecule has 0 aromatic carbocycles. The lowest BCUT2D eigenvalue weighted by molar-refractivity contribution is -0.163. The van der Waals surface area contributed by atoms with E-state index < -0.39 is 11.1 Å². The van der Waals surface area contributed by atoms with Crippen LogP contribution in [0, 0.1) is 11.8 Å². The molecule has 1 spiro atoms. The maximum atomic E-state index is 13.2. The molecule has 116 valence electrons. The molecule has 0 aromatic rings. The topological polar surface area (TPSA) is 49.4 Å². The largest absolute Gasteiger partial charge is 0.340 e. The van der Waals surface area contributed by atoms with E-state index in [1.54, 1.807) is 0 Å². The molecule has 4 rings (SSSR count). The van der Waals surface area contributed by atoms with Gasteiger partial charge in [-0.25, -0.2) is 0 Å². The summed E-state index contributed by atoms with van der Waals surface area (Å²) in [5, 5.41) is 3.16. The van der Waals surface area contributed by atoms with Crippen molar-refractivity contribution in [2.75, 3.05) is 6.54 Å². The smallest absolute Gasteiger partial charge is 0.249 e. The van der Waals surface area contributed by atoms with Crippen LogP contribution in [0.15, 0.2) is 0 Å². The van der Waals surface area contributed by atoms with Crippen LogP contribution >= 0.6 is 0 Å². The summed E-state index contributed by atoms with van der Waals surface area (Å²) < 4.78 is 0. The zero-order chi connectivity index (χ0) is 14.7. The molecule has 1 saturated heterocycles. The fourth-order valence-electron chi connectivity index (χ4n) is 4.41. The predicted octanol–water partition coefficient (Wildman–Crippen LogP) is 2.23. The van der Waals surface area contributed by atoms with Crippen LogP contribution in [0.2, 0.25) is 0 Å². The van der Waals surface area contributed by atoms with E-state index in [4.69, 9.17) is 0 Å². The highest BCUT2D eigenvalue weighted by molar-refractivity contribution is 6.02. The first-order valence-electron chi connectivity index (χ1n) is 8.71. The second kappa shape index (κ2) is 4.47. The molecule has 1 unspecified atom stereocenters. The van der Waals surface area contributed by atoms with Crippen LogP contribution in [0.5, 0.6) is 0 Å². The van der Waals surface area contributed by atoms with Gasteiger partial charge in [-0.3, -0.25) is 9.59 Å². The number of carbonyl (C=O) groups is 2. The minimum absolute atomic E-state index is 0.113. The zero-order valence-electron chi connectivity index (χ0n) is 13.0. The van der Waals surface area contributed by atoms with Crippen molar-refractivity contribution in [3.8, 4) is 0 Å². The van der Waals surface area contributed by atoms with E-state index in [-0.39, 0.29) is 11.8 Å². The standard InChI is InChI=1S/C17H26N2O2/c1-16(13-6-7-13)14(20)18-17(9-2-3-10-17)15(21)19(16)11-8-12-4-5-12/h12-13H,2-11H2,1H3,(H,18,20). The Morgan fingerprint density at radius 1 is 1.14 bits per heavy atom. The van der Waals surface area contributed by atoms with Crippen molar-refractivity contribution in [1.82, 2.24) is 10.2 Å². The van der Waals surface area contributed by atoms with E-state index in [0.29, 0.717) is 5.92 Å². The third-order valence-electron chi connectivity index (χ3n) is 6.32. The lowest BCUT2D eigenvalue weighted by atomic mass is 9.82. The third kappa shape index (κ3) is 2.01. The van der Waals surface area contributed by atoms with Crippen LogP contribution in [-0.2, 0) is 9.59 Å². The molecular weight excluding hydrogens is 264 g/mol. The first kappa shape index (κ1) is 13.6. The average molecular weight is 290 g/mol. The van der Waals surface area contributed by atoms with Crippen molar-refractivity contribution in [1.29, 1.82) is 0 Å². The molecule has 3 saturated carbocycles. The number of amides is 2. The van der Waals surface area contributed by atoms with Crippen LogP contribution in [-0.4, -0.2) is 34.3 Å². The quantitative estimate of drug-likeness (QED) is 0.863. The number of carbonyl (C=O) groups excluding carboxylic acids is 2. The highest BCUT2D eigenvalue weighted by Gasteiger charge is 2.61. The predicted molar refractivity (Wildman–Crippen MR) is 79.5 cm³/mol. The number of rotatable bonds is 4. The van der Waals surface area contributed by atoms with Crippen LogP contribution in [0.3, 0.4) is 0 Å². The fraction of sp³-hybridized carbons (Fsp3) is 0.882. The van der Waals surface area contributed by atoms with Crippen LogP contribution in [0.4, 0.5) is 0 Å². The summed E-state index contributed by atoms with van der Waals surface area (Å²) in [6.07, 6.45) is 9.65. The van der Waals surface area contributed by atoms with Gasteiger partial charge >= 0.3 is 0 Å². The van der Waals surface area contributed by atoms with E-state index in [2.05, 4.69) is 5.32 Å². The Balaban J connectivity index is 1.63. The van der Waals surface area contributed by atoms with Gasteiger partial charge in [0.25, 0.3) is 0 Å². The Morgan fingerprint density at radius 2 is 1.81 bits per heavy atom. The first-order valence-corrected chi connectivity index (χ1v) is 8.71. The summed E-state index contributed by atoms with van der Waals surface area (Å²) in [5.74, 6) is 1.50. The second-order valence-corrected chi connectivity index (χ2v) is 7.85. The molecule has 3 aliphatic carbocycles. The van der Waals surface area contributed by atoms with Crippen LogP contribution in [0.25, 0.3) is 0 Å². The zero-order valence-corrected chi connectivity index (χ0v) is 13.0. The molecule has 4 fully saturated rings. The SMILES string of the molecule is CC1(C2CC2)C(=O)NC2(CCCC2)C(=O)N1CCC1CC1. The Bertz CT molecular complexity index is 475. The summed E-state index contributed by atoms with van der Waals surface area (Å²) in [6.45, 7) is 2.79. The van der Waals surface area contributed by atoms with E-state index in [1.807, 2.05) is 11.8 Å². The molecular formula is C17H26N2O2. The Hall–Kier alpha value is -1.06. The van der Waals surface area contributed by atoms with Gasteiger partial charge in [-0.2, -0.15) is 0 Å². The molecule has 0 aromatic heterocycles. The normalized spacial score (nSPS) is 35.4. The number of nitrogens with one attached hydrogen (secondary N) is 1. The highest BCUT2D eigenvalue weighted by atomic mass is 16.2.